The Bertz CT molecular complexity index is 417. The summed E-state index contributed by atoms with van der Waals surface area (Å²) in [6, 6.07) is 11.1. The largest absolute Gasteiger partial charge is 0.296 e. The molecule has 0 amide bonds. The second-order valence-corrected chi connectivity index (χ2v) is 4.27. The Morgan fingerprint density at radius 2 is 1.62 bits per heavy atom. The maximum absolute atomic E-state index is 3.47. The second-order valence-electron chi connectivity index (χ2n) is 4.27. The van der Waals surface area contributed by atoms with Gasteiger partial charge in [-0.1, -0.05) is 44.2 Å². The molecule has 21 heavy (non-hydrogen) atoms. The Balaban J connectivity index is -0.000000810. The summed E-state index contributed by atoms with van der Waals surface area (Å²) in [4.78, 5) is 2.48. The van der Waals surface area contributed by atoms with Crippen LogP contribution in [0.5, 0.6) is 0 Å². The molecule has 0 fully saturated rings. The molecule has 119 valence electrons. The van der Waals surface area contributed by atoms with Crippen LogP contribution in [-0.2, 0) is 18.6 Å². The fraction of sp³-hybridized carbons (Fsp3) is 0.375. The zero-order chi connectivity index (χ0) is 12.1. The molecule has 0 aliphatic heterocycles. The summed E-state index contributed by atoms with van der Waals surface area (Å²) < 4.78 is 0. The van der Waals surface area contributed by atoms with E-state index in [1.165, 1.54) is 11.1 Å². The Morgan fingerprint density at radius 1 is 1.05 bits per heavy atom. The normalized spacial score (nSPS) is 13.2. The zero-order valence-electron chi connectivity index (χ0n) is 12.4. The summed E-state index contributed by atoms with van der Waals surface area (Å²) in [5, 5.41) is 0. The van der Waals surface area contributed by atoms with Gasteiger partial charge >= 0.3 is 0 Å². The van der Waals surface area contributed by atoms with E-state index in [0.29, 0.717) is 6.04 Å². The van der Waals surface area contributed by atoms with Crippen molar-refractivity contribution < 1.29 is 18.6 Å². The van der Waals surface area contributed by atoms with E-state index in [1.54, 1.807) is 0 Å². The van der Waals surface area contributed by atoms with Crippen molar-refractivity contribution in [1.82, 2.24) is 4.90 Å². The van der Waals surface area contributed by atoms with Crippen molar-refractivity contribution in [3.63, 3.8) is 0 Å². The quantitative estimate of drug-likeness (QED) is 0.642. The van der Waals surface area contributed by atoms with Gasteiger partial charge in [0.25, 0.3) is 0 Å². The average Bonchev–Trinajstić information content (AvgIpc) is 2.90. The maximum atomic E-state index is 3.47. The van der Waals surface area contributed by atoms with Crippen LogP contribution in [0.15, 0.2) is 48.1 Å². The van der Waals surface area contributed by atoms with Crippen LogP contribution >= 0.6 is 37.2 Å². The van der Waals surface area contributed by atoms with Crippen LogP contribution in [0.25, 0.3) is 0 Å². The maximum Gasteiger partial charge on any atom is 0.0269 e. The van der Waals surface area contributed by atoms with Crippen molar-refractivity contribution in [2.45, 2.75) is 26.3 Å². The summed E-state index contributed by atoms with van der Waals surface area (Å²) in [7, 11) is 0. The van der Waals surface area contributed by atoms with E-state index in [0.717, 1.165) is 19.5 Å². The van der Waals surface area contributed by atoms with Crippen LogP contribution in [0.4, 0.5) is 0 Å². The summed E-state index contributed by atoms with van der Waals surface area (Å²) in [5.74, 6) is 0. The van der Waals surface area contributed by atoms with Crippen molar-refractivity contribution in [3.05, 3.63) is 59.7 Å². The van der Waals surface area contributed by atoms with Crippen molar-refractivity contribution in [2.75, 3.05) is 13.1 Å². The molecule has 1 aromatic rings. The molecule has 0 N–H and O–H groups in total. The Kier molecular flexibility index (Phi) is 17.1. The number of allylic oxidation sites excluding steroid dienone is 2. The van der Waals surface area contributed by atoms with Gasteiger partial charge < -0.3 is 0 Å². The monoisotopic (exact) mass is 385 g/mol. The van der Waals surface area contributed by atoms with Crippen molar-refractivity contribution >= 4 is 37.2 Å². The predicted octanol–water partition coefficient (Wildman–Crippen LogP) is 5.02. The van der Waals surface area contributed by atoms with Crippen molar-refractivity contribution in [1.29, 1.82) is 0 Å². The van der Waals surface area contributed by atoms with E-state index in [-0.39, 0.29) is 55.8 Å². The SMILES string of the molecule is CCN(CC)C(C1=[C-]CC=C1)c1ccccc1.Cl.Cl.Cl.[V]. The number of halogens is 3. The van der Waals surface area contributed by atoms with Crippen LogP contribution in [-0.4, -0.2) is 18.0 Å². The molecule has 0 heterocycles. The zero-order valence-corrected chi connectivity index (χ0v) is 16.2. The molecular weight excluding hydrogens is 363 g/mol. The van der Waals surface area contributed by atoms with Crippen molar-refractivity contribution in [3.8, 4) is 0 Å². The molecule has 1 nitrogen and oxygen atoms in total. The minimum Gasteiger partial charge on any atom is -0.296 e. The standard InChI is InChI=1S/C16H20N.3ClH.V/c1-3-17(4-2)16(15-12-8-9-13-15)14-10-6-5-7-11-14;;;;/h5-8,10-12,16H,3-4,9H2,1-2H3;3*1H;/q-1;;;;. The fourth-order valence-corrected chi connectivity index (χ4v) is 2.42. The first kappa shape index (κ1) is 26.0. The molecule has 5 heteroatoms. The van der Waals surface area contributed by atoms with Crippen LogP contribution in [0, 0.1) is 6.08 Å². The number of likely N-dealkylation sites (N-methyl/N-ethyl adjacent to an activating group) is 1. The third kappa shape index (κ3) is 6.82. The van der Waals surface area contributed by atoms with Crippen LogP contribution in [0.2, 0.25) is 0 Å². The topological polar surface area (TPSA) is 3.24 Å². The van der Waals surface area contributed by atoms with Crippen LogP contribution in [0.3, 0.4) is 0 Å². The van der Waals surface area contributed by atoms with Gasteiger partial charge in [0.15, 0.2) is 0 Å². The molecule has 0 saturated heterocycles. The molecular formula is C16H23Cl3NV-. The van der Waals surface area contributed by atoms with Gasteiger partial charge in [0.05, 0.1) is 0 Å². The summed E-state index contributed by atoms with van der Waals surface area (Å²) in [5.41, 5.74) is 2.69. The molecule has 0 bridgehead atoms. The number of benzene rings is 1. The molecule has 1 atom stereocenters. The van der Waals surface area contributed by atoms with Gasteiger partial charge in [0.1, 0.15) is 0 Å². The van der Waals surface area contributed by atoms with E-state index in [2.05, 4.69) is 67.3 Å². The molecule has 0 saturated carbocycles. The first-order valence-electron chi connectivity index (χ1n) is 6.43. The second kappa shape index (κ2) is 13.8. The Hall–Kier alpha value is 0.114. The summed E-state index contributed by atoms with van der Waals surface area (Å²) in [6.45, 7) is 6.57. The third-order valence-electron chi connectivity index (χ3n) is 3.31. The fourth-order valence-electron chi connectivity index (χ4n) is 2.42. The summed E-state index contributed by atoms with van der Waals surface area (Å²) in [6.07, 6.45) is 8.83. The molecule has 2 rings (SSSR count). The van der Waals surface area contributed by atoms with Gasteiger partial charge in [-0.2, -0.15) is 6.08 Å². The van der Waals surface area contributed by atoms with Gasteiger partial charge in [-0.15, -0.1) is 43.6 Å². The minimum absolute atomic E-state index is 0. The van der Waals surface area contributed by atoms with Gasteiger partial charge in [0, 0.05) is 24.6 Å². The first-order valence-corrected chi connectivity index (χ1v) is 6.43. The van der Waals surface area contributed by atoms with Crippen molar-refractivity contribution in [2.24, 2.45) is 0 Å². The van der Waals surface area contributed by atoms with E-state index >= 15 is 0 Å². The van der Waals surface area contributed by atoms with E-state index < -0.39 is 0 Å². The Labute approximate surface area is 159 Å². The third-order valence-corrected chi connectivity index (χ3v) is 3.31. The van der Waals surface area contributed by atoms with E-state index in [4.69, 9.17) is 0 Å². The molecule has 0 spiro atoms. The molecule has 1 aliphatic rings. The van der Waals surface area contributed by atoms with Crippen LogP contribution < -0.4 is 0 Å². The number of rotatable bonds is 5. The molecule has 0 aromatic heterocycles. The van der Waals surface area contributed by atoms with E-state index in [1.807, 2.05) is 0 Å². The molecule has 1 aliphatic carbocycles. The average molecular weight is 387 g/mol. The van der Waals surface area contributed by atoms with Gasteiger partial charge in [-0.25, -0.2) is 11.6 Å². The Morgan fingerprint density at radius 3 is 2.05 bits per heavy atom. The van der Waals surface area contributed by atoms with E-state index in [9.17, 15) is 0 Å². The molecule has 1 radical (unpaired) electrons. The number of nitrogens with zero attached hydrogens (tertiary/aromatic N) is 1. The molecule has 1 unspecified atom stereocenters. The van der Waals surface area contributed by atoms with Gasteiger partial charge in [0.2, 0.25) is 0 Å². The van der Waals surface area contributed by atoms with Gasteiger partial charge in [-0.05, 0) is 18.7 Å². The number of hydrogen-bond acceptors (Lipinski definition) is 1. The van der Waals surface area contributed by atoms with Crippen LogP contribution in [0.1, 0.15) is 31.9 Å². The van der Waals surface area contributed by atoms with Gasteiger partial charge in [-0.3, -0.25) is 11.0 Å². The number of hydrogen-bond donors (Lipinski definition) is 0. The predicted molar refractivity (Wildman–Crippen MR) is 94.4 cm³/mol. The molecule has 1 aromatic carbocycles. The smallest absolute Gasteiger partial charge is 0.0269 e. The summed E-state index contributed by atoms with van der Waals surface area (Å²) >= 11 is 0. The minimum atomic E-state index is 0. The first-order chi connectivity index (χ1) is 8.36.